The normalized spacial score (nSPS) is 18.1. The summed E-state index contributed by atoms with van der Waals surface area (Å²) in [6.45, 7) is 3.05. The van der Waals surface area contributed by atoms with Crippen LogP contribution in [0.15, 0.2) is 49.1 Å². The van der Waals surface area contributed by atoms with Gasteiger partial charge in [0.1, 0.15) is 11.9 Å². The molecule has 0 bridgehead atoms. The van der Waals surface area contributed by atoms with E-state index in [1.165, 1.54) is 5.56 Å². The molecule has 23 heavy (non-hydrogen) atoms. The van der Waals surface area contributed by atoms with Gasteiger partial charge >= 0.3 is 0 Å². The molecule has 1 aromatic carbocycles. The van der Waals surface area contributed by atoms with Crippen LogP contribution in [0.5, 0.6) is 5.75 Å². The van der Waals surface area contributed by atoms with Gasteiger partial charge in [-0.15, -0.1) is 0 Å². The number of imidazole rings is 1. The van der Waals surface area contributed by atoms with Gasteiger partial charge in [-0.2, -0.15) is 0 Å². The van der Waals surface area contributed by atoms with Gasteiger partial charge in [0.05, 0.1) is 18.1 Å². The molecule has 0 saturated heterocycles. The van der Waals surface area contributed by atoms with Crippen LogP contribution in [-0.2, 0) is 13.0 Å². The number of likely N-dealkylation sites (N-methyl/N-ethyl adjacent to an activating group) is 1. The topological polar surface area (TPSA) is 42.7 Å². The summed E-state index contributed by atoms with van der Waals surface area (Å²) in [5.74, 6) is 1.03. The number of para-hydroxylation sites is 1. The third-order valence-corrected chi connectivity index (χ3v) is 4.71. The van der Waals surface area contributed by atoms with Crippen molar-refractivity contribution in [2.75, 3.05) is 7.05 Å². The Morgan fingerprint density at radius 3 is 3.09 bits per heavy atom. The van der Waals surface area contributed by atoms with Gasteiger partial charge in [0, 0.05) is 31.4 Å². The maximum Gasteiger partial charge on any atom is 0.155 e. The molecule has 0 radical (unpaired) electrons. The molecule has 0 unspecified atom stereocenters. The molecular weight excluding hydrogens is 288 g/mol. The Bertz CT molecular complexity index is 804. The van der Waals surface area contributed by atoms with Crippen molar-refractivity contribution in [1.29, 1.82) is 0 Å². The molecule has 0 aliphatic carbocycles. The number of nitrogens with zero attached hydrogens (tertiary/aromatic N) is 4. The van der Waals surface area contributed by atoms with Gasteiger partial charge in [-0.25, -0.2) is 4.98 Å². The zero-order valence-electron chi connectivity index (χ0n) is 13.4. The van der Waals surface area contributed by atoms with Crippen molar-refractivity contribution >= 4 is 5.65 Å². The average molecular weight is 308 g/mol. The van der Waals surface area contributed by atoms with E-state index >= 15 is 0 Å². The second kappa shape index (κ2) is 5.66. The standard InChI is InChI=1S/C18H20N4O/c1-13(17-9-14-5-3-4-6-16(14)23-17)21(2)12-15-10-20-18-11-19-7-8-22(15)18/h3-8,10-11,13,17H,9,12H2,1-2H3/t13-,17-/m0/s1. The number of benzene rings is 1. The van der Waals surface area contributed by atoms with Crippen LogP contribution in [0.25, 0.3) is 5.65 Å². The highest BCUT2D eigenvalue weighted by Gasteiger charge is 2.29. The third-order valence-electron chi connectivity index (χ3n) is 4.71. The first-order valence-corrected chi connectivity index (χ1v) is 7.93. The van der Waals surface area contributed by atoms with Crippen LogP contribution in [0.2, 0.25) is 0 Å². The SMILES string of the molecule is C[C@@H]([C@@H]1Cc2ccccc2O1)N(C)Cc1cnc2cnccn12. The molecule has 2 aromatic heterocycles. The summed E-state index contributed by atoms with van der Waals surface area (Å²) in [4.78, 5) is 10.8. The predicted octanol–water partition coefficient (Wildman–Crippen LogP) is 2.55. The van der Waals surface area contributed by atoms with Gasteiger partial charge in [0.2, 0.25) is 0 Å². The van der Waals surface area contributed by atoms with Crippen molar-refractivity contribution in [3.8, 4) is 5.75 Å². The van der Waals surface area contributed by atoms with Crippen LogP contribution in [0.1, 0.15) is 18.2 Å². The molecule has 0 amide bonds. The highest BCUT2D eigenvalue weighted by Crippen LogP contribution is 2.30. The number of rotatable bonds is 4. The molecule has 0 fully saturated rings. The first kappa shape index (κ1) is 14.2. The van der Waals surface area contributed by atoms with E-state index in [9.17, 15) is 0 Å². The number of ether oxygens (including phenoxy) is 1. The second-order valence-electron chi connectivity index (χ2n) is 6.18. The first-order valence-electron chi connectivity index (χ1n) is 7.93. The molecule has 2 atom stereocenters. The third kappa shape index (κ3) is 2.57. The van der Waals surface area contributed by atoms with Crippen molar-refractivity contribution in [3.05, 3.63) is 60.3 Å². The van der Waals surface area contributed by atoms with E-state index in [1.807, 2.05) is 18.5 Å². The van der Waals surface area contributed by atoms with E-state index in [1.54, 1.807) is 12.4 Å². The summed E-state index contributed by atoms with van der Waals surface area (Å²) < 4.78 is 8.21. The lowest BCUT2D eigenvalue weighted by atomic mass is 10.0. The van der Waals surface area contributed by atoms with E-state index in [0.717, 1.165) is 30.1 Å². The van der Waals surface area contributed by atoms with Crippen LogP contribution in [0, 0.1) is 0 Å². The van der Waals surface area contributed by atoms with E-state index in [2.05, 4.69) is 51.4 Å². The van der Waals surface area contributed by atoms with Gasteiger partial charge in [-0.05, 0) is 25.6 Å². The molecule has 3 aromatic rings. The summed E-state index contributed by atoms with van der Waals surface area (Å²) in [6.07, 6.45) is 8.61. The van der Waals surface area contributed by atoms with E-state index < -0.39 is 0 Å². The summed E-state index contributed by atoms with van der Waals surface area (Å²) >= 11 is 0. The Labute approximate surface area is 135 Å². The fraction of sp³-hybridized carbons (Fsp3) is 0.333. The Kier molecular flexibility index (Phi) is 3.50. The molecule has 4 rings (SSSR count). The fourth-order valence-corrected chi connectivity index (χ4v) is 3.17. The summed E-state index contributed by atoms with van der Waals surface area (Å²) in [7, 11) is 2.14. The Morgan fingerprint density at radius 2 is 2.22 bits per heavy atom. The quantitative estimate of drug-likeness (QED) is 0.743. The van der Waals surface area contributed by atoms with Crippen molar-refractivity contribution in [2.24, 2.45) is 0 Å². The summed E-state index contributed by atoms with van der Waals surface area (Å²) in [5.41, 5.74) is 3.35. The van der Waals surface area contributed by atoms with Gasteiger partial charge in [-0.1, -0.05) is 18.2 Å². The zero-order valence-corrected chi connectivity index (χ0v) is 13.4. The average Bonchev–Trinajstić information content (AvgIpc) is 3.18. The lowest BCUT2D eigenvalue weighted by Gasteiger charge is -2.28. The van der Waals surface area contributed by atoms with Gasteiger partial charge in [0.15, 0.2) is 5.65 Å². The molecule has 3 heterocycles. The number of hydrogen-bond acceptors (Lipinski definition) is 4. The van der Waals surface area contributed by atoms with E-state index in [4.69, 9.17) is 4.74 Å². The molecular formula is C18H20N4O. The Morgan fingerprint density at radius 1 is 1.35 bits per heavy atom. The lowest BCUT2D eigenvalue weighted by Crippen LogP contribution is -2.41. The predicted molar refractivity (Wildman–Crippen MR) is 88.5 cm³/mol. The fourth-order valence-electron chi connectivity index (χ4n) is 3.17. The highest BCUT2D eigenvalue weighted by atomic mass is 16.5. The minimum atomic E-state index is 0.193. The smallest absolute Gasteiger partial charge is 0.155 e. The van der Waals surface area contributed by atoms with Gasteiger partial charge < -0.3 is 4.74 Å². The maximum atomic E-state index is 6.12. The van der Waals surface area contributed by atoms with Crippen LogP contribution >= 0.6 is 0 Å². The molecule has 5 nitrogen and oxygen atoms in total. The van der Waals surface area contributed by atoms with Crippen LogP contribution in [-0.4, -0.2) is 38.5 Å². The molecule has 5 heteroatoms. The Hall–Kier alpha value is -2.40. The maximum absolute atomic E-state index is 6.12. The van der Waals surface area contributed by atoms with Crippen molar-refractivity contribution in [3.63, 3.8) is 0 Å². The monoisotopic (exact) mass is 308 g/mol. The molecule has 0 spiro atoms. The van der Waals surface area contributed by atoms with Crippen molar-refractivity contribution in [1.82, 2.24) is 19.3 Å². The highest BCUT2D eigenvalue weighted by molar-refractivity contribution is 5.38. The minimum Gasteiger partial charge on any atom is -0.488 e. The van der Waals surface area contributed by atoms with Crippen LogP contribution in [0.4, 0.5) is 0 Å². The van der Waals surface area contributed by atoms with Crippen molar-refractivity contribution < 1.29 is 4.74 Å². The molecule has 0 saturated carbocycles. The summed E-state index contributed by atoms with van der Waals surface area (Å²) in [6, 6.07) is 8.63. The van der Waals surface area contributed by atoms with Crippen LogP contribution < -0.4 is 4.74 Å². The van der Waals surface area contributed by atoms with E-state index in [0.29, 0.717) is 6.04 Å². The lowest BCUT2D eigenvalue weighted by molar-refractivity contribution is 0.104. The minimum absolute atomic E-state index is 0.193. The van der Waals surface area contributed by atoms with Gasteiger partial charge in [-0.3, -0.25) is 14.3 Å². The number of aromatic nitrogens is 3. The largest absolute Gasteiger partial charge is 0.488 e. The molecule has 118 valence electrons. The Balaban J connectivity index is 1.48. The second-order valence-corrected chi connectivity index (χ2v) is 6.18. The number of fused-ring (bicyclic) bond motifs is 2. The first-order chi connectivity index (χ1) is 11.2. The summed E-state index contributed by atoms with van der Waals surface area (Å²) in [5, 5.41) is 0. The zero-order chi connectivity index (χ0) is 15.8. The van der Waals surface area contributed by atoms with Crippen molar-refractivity contribution in [2.45, 2.75) is 32.0 Å². The molecule has 0 N–H and O–H groups in total. The molecule has 1 aliphatic heterocycles. The molecule has 1 aliphatic rings. The number of hydrogen-bond donors (Lipinski definition) is 0. The van der Waals surface area contributed by atoms with E-state index in [-0.39, 0.29) is 6.10 Å². The van der Waals surface area contributed by atoms with Crippen LogP contribution in [0.3, 0.4) is 0 Å². The van der Waals surface area contributed by atoms with Gasteiger partial charge in [0.25, 0.3) is 0 Å².